The van der Waals surface area contributed by atoms with Crippen molar-refractivity contribution in [2.75, 3.05) is 19.5 Å². The van der Waals surface area contributed by atoms with Gasteiger partial charge in [0.2, 0.25) is 0 Å². The van der Waals surface area contributed by atoms with Crippen LogP contribution in [0.25, 0.3) is 0 Å². The smallest absolute Gasteiger partial charge is 0.0693 e. The van der Waals surface area contributed by atoms with Crippen LogP contribution in [0, 0.1) is 0 Å². The number of aliphatic hydroxyl groups is 1. The largest absolute Gasteiger partial charge is 0.392 e. The quantitative estimate of drug-likeness (QED) is 0.618. The Kier molecular flexibility index (Phi) is 6.10. The number of methoxy groups -OCH3 is 1. The summed E-state index contributed by atoms with van der Waals surface area (Å²) >= 11 is 7.56. The van der Waals surface area contributed by atoms with Gasteiger partial charge in [0.25, 0.3) is 0 Å². The second kappa shape index (κ2) is 7.12. The highest BCUT2D eigenvalue weighted by molar-refractivity contribution is 7.99. The lowest BCUT2D eigenvalue weighted by atomic mass is 10.2. The summed E-state index contributed by atoms with van der Waals surface area (Å²) in [7, 11) is 1.70. The van der Waals surface area contributed by atoms with Gasteiger partial charge >= 0.3 is 0 Å². The molecular weight excluding hydrogens is 232 g/mol. The van der Waals surface area contributed by atoms with E-state index in [-0.39, 0.29) is 6.61 Å². The van der Waals surface area contributed by atoms with Crippen LogP contribution in [0.1, 0.15) is 12.0 Å². The molecule has 1 N–H and O–H groups in total. The number of aliphatic hydroxyl groups excluding tert-OH is 1. The van der Waals surface area contributed by atoms with E-state index < -0.39 is 0 Å². The van der Waals surface area contributed by atoms with Crippen LogP contribution in [0.2, 0.25) is 5.02 Å². The molecular formula is C11H15ClO2S. The minimum Gasteiger partial charge on any atom is -0.392 e. The van der Waals surface area contributed by atoms with Gasteiger partial charge < -0.3 is 9.84 Å². The predicted octanol–water partition coefficient (Wildman–Crippen LogP) is 2.96. The molecule has 0 aliphatic rings. The van der Waals surface area contributed by atoms with E-state index in [2.05, 4.69) is 0 Å². The van der Waals surface area contributed by atoms with Crippen LogP contribution in [0.3, 0.4) is 0 Å². The van der Waals surface area contributed by atoms with Gasteiger partial charge in [-0.25, -0.2) is 0 Å². The molecule has 4 heteroatoms. The van der Waals surface area contributed by atoms with Crippen LogP contribution in [0.4, 0.5) is 0 Å². The monoisotopic (exact) mass is 246 g/mol. The van der Waals surface area contributed by atoms with Gasteiger partial charge in [0.05, 0.1) is 6.61 Å². The van der Waals surface area contributed by atoms with Gasteiger partial charge in [-0.3, -0.25) is 0 Å². The third kappa shape index (κ3) is 4.43. The third-order valence-electron chi connectivity index (χ3n) is 1.94. The number of thioether (sulfide) groups is 1. The normalized spacial score (nSPS) is 10.6. The maximum absolute atomic E-state index is 9.15. The lowest BCUT2D eigenvalue weighted by Gasteiger charge is -2.07. The van der Waals surface area contributed by atoms with Crippen molar-refractivity contribution in [3.8, 4) is 0 Å². The van der Waals surface area contributed by atoms with Crippen molar-refractivity contribution in [2.45, 2.75) is 17.9 Å². The first-order valence-electron chi connectivity index (χ1n) is 4.79. The maximum Gasteiger partial charge on any atom is 0.0693 e. The number of benzene rings is 1. The molecule has 0 aliphatic carbocycles. The fraction of sp³-hybridized carbons (Fsp3) is 0.455. The third-order valence-corrected chi connectivity index (χ3v) is 3.38. The van der Waals surface area contributed by atoms with Gasteiger partial charge in [0.1, 0.15) is 0 Å². The summed E-state index contributed by atoms with van der Waals surface area (Å²) < 4.78 is 4.97. The second-order valence-corrected chi connectivity index (χ2v) is 4.68. The van der Waals surface area contributed by atoms with Crippen molar-refractivity contribution >= 4 is 23.4 Å². The van der Waals surface area contributed by atoms with Crippen LogP contribution in [0.5, 0.6) is 0 Å². The molecule has 0 heterocycles. The molecule has 0 saturated heterocycles. The van der Waals surface area contributed by atoms with Crippen molar-refractivity contribution in [3.05, 3.63) is 28.8 Å². The molecule has 0 saturated carbocycles. The summed E-state index contributed by atoms with van der Waals surface area (Å²) in [6, 6.07) is 5.60. The summed E-state index contributed by atoms with van der Waals surface area (Å²) in [5, 5.41) is 9.82. The molecule has 0 aromatic heterocycles. The fourth-order valence-electron chi connectivity index (χ4n) is 1.20. The average Bonchev–Trinajstić information content (AvgIpc) is 2.26. The molecule has 0 bridgehead atoms. The van der Waals surface area contributed by atoms with Crippen LogP contribution < -0.4 is 0 Å². The molecule has 1 aromatic rings. The average molecular weight is 247 g/mol. The molecule has 0 atom stereocenters. The van der Waals surface area contributed by atoms with E-state index in [0.717, 1.165) is 29.2 Å². The first-order chi connectivity index (χ1) is 7.27. The molecule has 84 valence electrons. The van der Waals surface area contributed by atoms with Crippen molar-refractivity contribution in [1.29, 1.82) is 0 Å². The number of halogens is 1. The fourth-order valence-corrected chi connectivity index (χ4v) is 2.35. The Hall–Kier alpha value is -0.220. The van der Waals surface area contributed by atoms with Gasteiger partial charge in [0.15, 0.2) is 0 Å². The molecule has 0 aliphatic heterocycles. The Morgan fingerprint density at radius 1 is 1.47 bits per heavy atom. The summed E-state index contributed by atoms with van der Waals surface area (Å²) in [6.07, 6.45) is 1.01. The minimum absolute atomic E-state index is 0.0349. The Morgan fingerprint density at radius 3 is 2.93 bits per heavy atom. The molecule has 0 radical (unpaired) electrons. The SMILES string of the molecule is COCCCSc1ccc(Cl)cc1CO. The Morgan fingerprint density at radius 2 is 2.27 bits per heavy atom. The summed E-state index contributed by atoms with van der Waals surface area (Å²) in [4.78, 5) is 1.10. The molecule has 2 nitrogen and oxygen atoms in total. The zero-order valence-electron chi connectivity index (χ0n) is 8.70. The predicted molar refractivity (Wildman–Crippen MR) is 64.6 cm³/mol. The number of hydrogen-bond donors (Lipinski definition) is 1. The second-order valence-electron chi connectivity index (χ2n) is 3.10. The zero-order valence-corrected chi connectivity index (χ0v) is 10.3. The zero-order chi connectivity index (χ0) is 11.1. The van der Waals surface area contributed by atoms with Crippen molar-refractivity contribution < 1.29 is 9.84 Å². The minimum atomic E-state index is 0.0349. The summed E-state index contributed by atoms with van der Waals surface area (Å²) in [5.74, 6) is 0.989. The van der Waals surface area contributed by atoms with Crippen LogP contribution in [0.15, 0.2) is 23.1 Å². The van der Waals surface area contributed by atoms with Gasteiger partial charge in [-0.05, 0) is 30.2 Å². The van der Waals surface area contributed by atoms with Crippen LogP contribution in [-0.2, 0) is 11.3 Å². The van der Waals surface area contributed by atoms with Gasteiger partial charge in [-0.2, -0.15) is 0 Å². The summed E-state index contributed by atoms with van der Waals surface area (Å²) in [5.41, 5.74) is 0.893. The van der Waals surface area contributed by atoms with Crippen molar-refractivity contribution in [1.82, 2.24) is 0 Å². The van der Waals surface area contributed by atoms with E-state index in [1.54, 1.807) is 24.9 Å². The Bertz CT molecular complexity index is 305. The van der Waals surface area contributed by atoms with Gasteiger partial charge in [0, 0.05) is 29.4 Å². The van der Waals surface area contributed by atoms with Crippen molar-refractivity contribution in [2.24, 2.45) is 0 Å². The van der Waals surface area contributed by atoms with Gasteiger partial charge in [-0.15, -0.1) is 11.8 Å². The first kappa shape index (κ1) is 12.8. The number of ether oxygens (including phenoxy) is 1. The summed E-state index contributed by atoms with van der Waals surface area (Å²) in [6.45, 7) is 0.808. The number of hydrogen-bond acceptors (Lipinski definition) is 3. The molecule has 0 unspecified atom stereocenters. The van der Waals surface area contributed by atoms with E-state index >= 15 is 0 Å². The van der Waals surface area contributed by atoms with E-state index in [9.17, 15) is 0 Å². The molecule has 1 aromatic carbocycles. The van der Waals surface area contributed by atoms with Crippen LogP contribution >= 0.6 is 23.4 Å². The molecule has 0 amide bonds. The number of rotatable bonds is 6. The highest BCUT2D eigenvalue weighted by Gasteiger charge is 2.02. The lowest BCUT2D eigenvalue weighted by Crippen LogP contribution is -1.92. The lowest BCUT2D eigenvalue weighted by molar-refractivity contribution is 0.200. The molecule has 0 fully saturated rings. The van der Waals surface area contributed by atoms with E-state index in [1.807, 2.05) is 12.1 Å². The van der Waals surface area contributed by atoms with Gasteiger partial charge in [-0.1, -0.05) is 11.6 Å². The van der Waals surface area contributed by atoms with E-state index in [0.29, 0.717) is 5.02 Å². The topological polar surface area (TPSA) is 29.5 Å². The van der Waals surface area contributed by atoms with Crippen LogP contribution in [-0.4, -0.2) is 24.6 Å². The highest BCUT2D eigenvalue weighted by Crippen LogP contribution is 2.26. The molecule has 0 spiro atoms. The Labute approximate surface area is 99.6 Å². The molecule has 15 heavy (non-hydrogen) atoms. The highest BCUT2D eigenvalue weighted by atomic mass is 35.5. The van der Waals surface area contributed by atoms with E-state index in [1.165, 1.54) is 0 Å². The standard InChI is InChI=1S/C11H15ClO2S/c1-14-5-2-6-15-11-4-3-10(12)7-9(11)8-13/h3-4,7,13H,2,5-6,8H2,1H3. The maximum atomic E-state index is 9.15. The van der Waals surface area contributed by atoms with E-state index in [4.69, 9.17) is 21.4 Å². The Balaban J connectivity index is 2.52. The molecule has 1 rings (SSSR count). The van der Waals surface area contributed by atoms with Crippen molar-refractivity contribution in [3.63, 3.8) is 0 Å². The first-order valence-corrected chi connectivity index (χ1v) is 6.15.